The molecule has 1 rings (SSSR count). The number of nitrogen functional groups attached to an aromatic ring is 1. The first-order valence-electron chi connectivity index (χ1n) is 4.86. The Hall–Kier alpha value is -1.06. The summed E-state index contributed by atoms with van der Waals surface area (Å²) in [6, 6.07) is 0.173. The van der Waals surface area contributed by atoms with Gasteiger partial charge >= 0.3 is 6.01 Å². The molecule has 13 heavy (non-hydrogen) atoms. The Morgan fingerprint density at radius 1 is 1.23 bits per heavy atom. The van der Waals surface area contributed by atoms with Gasteiger partial charge in [-0.1, -0.05) is 31.8 Å². The van der Waals surface area contributed by atoms with Crippen LogP contribution < -0.4 is 5.73 Å². The van der Waals surface area contributed by atoms with Crippen LogP contribution in [-0.4, -0.2) is 10.2 Å². The van der Waals surface area contributed by atoms with Crippen molar-refractivity contribution in [2.45, 2.75) is 45.4 Å². The molecule has 0 aromatic carbocycles. The van der Waals surface area contributed by atoms with Gasteiger partial charge in [0.1, 0.15) is 0 Å². The SMILES string of the molecule is CCCC(CCC)c1nnc(N)o1. The molecule has 2 N–H and O–H groups in total. The van der Waals surface area contributed by atoms with Crippen molar-refractivity contribution in [3.63, 3.8) is 0 Å². The summed E-state index contributed by atoms with van der Waals surface area (Å²) in [7, 11) is 0. The smallest absolute Gasteiger partial charge is 0.312 e. The molecule has 0 fully saturated rings. The van der Waals surface area contributed by atoms with Gasteiger partial charge in [-0.2, -0.15) is 0 Å². The van der Waals surface area contributed by atoms with E-state index in [4.69, 9.17) is 10.2 Å². The maximum Gasteiger partial charge on any atom is 0.312 e. The second-order valence-electron chi connectivity index (χ2n) is 3.25. The lowest BCUT2D eigenvalue weighted by Crippen LogP contribution is -1.98. The molecule has 0 amide bonds. The van der Waals surface area contributed by atoms with Crippen molar-refractivity contribution in [3.8, 4) is 0 Å². The molecule has 0 unspecified atom stereocenters. The Bertz CT molecular complexity index is 241. The van der Waals surface area contributed by atoms with Gasteiger partial charge in [0.15, 0.2) is 0 Å². The van der Waals surface area contributed by atoms with E-state index in [1.165, 1.54) is 0 Å². The van der Waals surface area contributed by atoms with Crippen LogP contribution in [0.15, 0.2) is 4.42 Å². The third-order valence-corrected chi connectivity index (χ3v) is 2.08. The predicted octanol–water partition coefficient (Wildman–Crippen LogP) is 2.34. The highest BCUT2D eigenvalue weighted by Crippen LogP contribution is 2.25. The fourth-order valence-corrected chi connectivity index (χ4v) is 1.50. The Labute approximate surface area is 78.5 Å². The number of aromatic nitrogens is 2. The highest BCUT2D eigenvalue weighted by Gasteiger charge is 2.15. The summed E-state index contributed by atoms with van der Waals surface area (Å²) in [4.78, 5) is 0. The predicted molar refractivity (Wildman–Crippen MR) is 51.3 cm³/mol. The molecule has 0 spiro atoms. The van der Waals surface area contributed by atoms with E-state index in [-0.39, 0.29) is 6.01 Å². The quantitative estimate of drug-likeness (QED) is 0.760. The Morgan fingerprint density at radius 2 is 1.85 bits per heavy atom. The molecule has 4 heteroatoms. The molecule has 0 saturated carbocycles. The molecule has 0 aliphatic carbocycles. The van der Waals surface area contributed by atoms with Crippen LogP contribution in [0.1, 0.15) is 51.3 Å². The molecule has 0 saturated heterocycles. The summed E-state index contributed by atoms with van der Waals surface area (Å²) in [5.74, 6) is 1.08. The first-order chi connectivity index (χ1) is 6.27. The van der Waals surface area contributed by atoms with Gasteiger partial charge < -0.3 is 10.2 Å². The molecular formula is C9H17N3O. The first-order valence-corrected chi connectivity index (χ1v) is 4.86. The molecule has 1 aromatic rings. The largest absolute Gasteiger partial charge is 0.408 e. The van der Waals surface area contributed by atoms with Crippen molar-refractivity contribution in [2.24, 2.45) is 0 Å². The number of hydrogen-bond donors (Lipinski definition) is 1. The minimum Gasteiger partial charge on any atom is -0.408 e. The summed E-state index contributed by atoms with van der Waals surface area (Å²) < 4.78 is 5.21. The van der Waals surface area contributed by atoms with Gasteiger partial charge in [-0.05, 0) is 12.8 Å². The third-order valence-electron chi connectivity index (χ3n) is 2.08. The van der Waals surface area contributed by atoms with Crippen LogP contribution in [0.25, 0.3) is 0 Å². The number of nitrogens with two attached hydrogens (primary N) is 1. The lowest BCUT2D eigenvalue weighted by molar-refractivity contribution is 0.419. The maximum absolute atomic E-state index is 5.37. The van der Waals surface area contributed by atoms with Crippen molar-refractivity contribution in [2.75, 3.05) is 5.73 Å². The van der Waals surface area contributed by atoms with Crippen molar-refractivity contribution in [3.05, 3.63) is 5.89 Å². The van der Waals surface area contributed by atoms with E-state index < -0.39 is 0 Å². The fourth-order valence-electron chi connectivity index (χ4n) is 1.50. The molecule has 74 valence electrons. The highest BCUT2D eigenvalue weighted by molar-refractivity contribution is 5.06. The monoisotopic (exact) mass is 183 g/mol. The van der Waals surface area contributed by atoms with Crippen LogP contribution in [0.2, 0.25) is 0 Å². The third kappa shape index (κ3) is 2.72. The summed E-state index contributed by atoms with van der Waals surface area (Å²) in [5.41, 5.74) is 5.37. The van der Waals surface area contributed by atoms with E-state index in [9.17, 15) is 0 Å². The minimum absolute atomic E-state index is 0.173. The molecule has 1 aromatic heterocycles. The lowest BCUT2D eigenvalue weighted by Gasteiger charge is -2.09. The van der Waals surface area contributed by atoms with Gasteiger partial charge in [-0.15, -0.1) is 5.10 Å². The second kappa shape index (κ2) is 4.84. The molecule has 0 atom stereocenters. The van der Waals surface area contributed by atoms with Gasteiger partial charge in [0.05, 0.1) is 0 Å². The van der Waals surface area contributed by atoms with Crippen LogP contribution in [0.5, 0.6) is 0 Å². The van der Waals surface area contributed by atoms with Crippen LogP contribution >= 0.6 is 0 Å². The molecule has 0 aliphatic heterocycles. The Kier molecular flexibility index (Phi) is 3.73. The zero-order valence-electron chi connectivity index (χ0n) is 8.29. The highest BCUT2D eigenvalue weighted by atomic mass is 16.4. The van der Waals surface area contributed by atoms with Crippen LogP contribution in [0.3, 0.4) is 0 Å². The topological polar surface area (TPSA) is 64.9 Å². The molecule has 0 aliphatic rings. The van der Waals surface area contributed by atoms with E-state index in [0.29, 0.717) is 11.8 Å². The number of anilines is 1. The Balaban J connectivity index is 2.63. The van der Waals surface area contributed by atoms with Crippen molar-refractivity contribution < 1.29 is 4.42 Å². The molecule has 0 bridgehead atoms. The van der Waals surface area contributed by atoms with E-state index >= 15 is 0 Å². The van der Waals surface area contributed by atoms with E-state index in [2.05, 4.69) is 24.0 Å². The molecule has 0 radical (unpaired) electrons. The molecular weight excluding hydrogens is 166 g/mol. The lowest BCUT2D eigenvalue weighted by atomic mass is 9.98. The Morgan fingerprint density at radius 3 is 2.23 bits per heavy atom. The van der Waals surface area contributed by atoms with Crippen molar-refractivity contribution in [1.29, 1.82) is 0 Å². The zero-order valence-corrected chi connectivity index (χ0v) is 8.29. The van der Waals surface area contributed by atoms with Gasteiger partial charge in [-0.3, -0.25) is 0 Å². The average molecular weight is 183 g/mol. The number of rotatable bonds is 5. The van der Waals surface area contributed by atoms with Crippen LogP contribution in [0, 0.1) is 0 Å². The summed E-state index contributed by atoms with van der Waals surface area (Å²) in [6.45, 7) is 4.31. The van der Waals surface area contributed by atoms with E-state index in [1.807, 2.05) is 0 Å². The molecule has 4 nitrogen and oxygen atoms in total. The average Bonchev–Trinajstić information content (AvgIpc) is 2.51. The van der Waals surface area contributed by atoms with E-state index in [0.717, 1.165) is 25.7 Å². The van der Waals surface area contributed by atoms with Crippen LogP contribution in [0.4, 0.5) is 6.01 Å². The first kappa shape index (κ1) is 10.0. The van der Waals surface area contributed by atoms with Gasteiger partial charge in [0.25, 0.3) is 0 Å². The fraction of sp³-hybridized carbons (Fsp3) is 0.778. The maximum atomic E-state index is 5.37. The standard InChI is InChI=1S/C9H17N3O/c1-3-5-7(6-4-2)8-11-12-9(10)13-8/h7H,3-6H2,1-2H3,(H2,10,12). The van der Waals surface area contributed by atoms with Crippen LogP contribution in [-0.2, 0) is 0 Å². The summed E-state index contributed by atoms with van der Waals surface area (Å²) in [5, 5.41) is 7.57. The van der Waals surface area contributed by atoms with Gasteiger partial charge in [0, 0.05) is 5.92 Å². The van der Waals surface area contributed by atoms with E-state index in [1.54, 1.807) is 0 Å². The van der Waals surface area contributed by atoms with Crippen molar-refractivity contribution >= 4 is 6.01 Å². The van der Waals surface area contributed by atoms with Gasteiger partial charge in [0.2, 0.25) is 5.89 Å². The minimum atomic E-state index is 0.173. The normalized spacial score (nSPS) is 11.0. The van der Waals surface area contributed by atoms with Crippen molar-refractivity contribution in [1.82, 2.24) is 10.2 Å². The summed E-state index contributed by atoms with van der Waals surface area (Å²) >= 11 is 0. The zero-order chi connectivity index (χ0) is 9.68. The number of hydrogen-bond acceptors (Lipinski definition) is 4. The second-order valence-corrected chi connectivity index (χ2v) is 3.25. The molecule has 1 heterocycles. The summed E-state index contributed by atoms with van der Waals surface area (Å²) in [6.07, 6.45) is 4.45. The number of nitrogens with zero attached hydrogens (tertiary/aromatic N) is 2. The van der Waals surface area contributed by atoms with Gasteiger partial charge in [-0.25, -0.2) is 0 Å².